The summed E-state index contributed by atoms with van der Waals surface area (Å²) in [6, 6.07) is 2.52. The number of aromatic nitrogens is 2. The molecule has 0 aromatic carbocycles. The van der Waals surface area contributed by atoms with E-state index in [0.29, 0.717) is 6.04 Å². The molecular weight excluding hydrogens is 344 g/mol. The molecule has 3 aliphatic rings. The number of carbonyl (C=O) groups excluding carboxylic acids is 1. The van der Waals surface area contributed by atoms with Crippen molar-refractivity contribution in [2.45, 2.75) is 44.7 Å². The molecule has 0 aliphatic carbocycles. The van der Waals surface area contributed by atoms with Gasteiger partial charge in [0.05, 0.1) is 19.3 Å². The molecule has 1 atom stereocenters. The van der Waals surface area contributed by atoms with Gasteiger partial charge in [0.2, 0.25) is 11.9 Å². The predicted octanol–water partition coefficient (Wildman–Crippen LogP) is 0.323. The summed E-state index contributed by atoms with van der Waals surface area (Å²) in [5.74, 6) is 2.01. The third-order valence-corrected chi connectivity index (χ3v) is 5.71. The van der Waals surface area contributed by atoms with Crippen LogP contribution < -0.4 is 20.4 Å². The maximum Gasteiger partial charge on any atom is 0.237 e. The molecule has 0 saturated carbocycles. The average Bonchev–Trinajstić information content (AvgIpc) is 3.13. The molecule has 1 aromatic heterocycles. The van der Waals surface area contributed by atoms with Crippen LogP contribution in [0.5, 0.6) is 0 Å². The van der Waals surface area contributed by atoms with Crippen LogP contribution in [0.1, 0.15) is 31.9 Å². The van der Waals surface area contributed by atoms with Crippen molar-refractivity contribution in [3.05, 3.63) is 11.8 Å². The van der Waals surface area contributed by atoms with Gasteiger partial charge in [-0.1, -0.05) is 6.92 Å². The Morgan fingerprint density at radius 3 is 2.59 bits per heavy atom. The van der Waals surface area contributed by atoms with E-state index in [1.165, 1.54) is 0 Å². The first-order chi connectivity index (χ1) is 13.2. The van der Waals surface area contributed by atoms with Crippen LogP contribution in [0.15, 0.2) is 6.07 Å². The zero-order chi connectivity index (χ0) is 18.6. The number of rotatable bonds is 5. The molecule has 3 fully saturated rings. The van der Waals surface area contributed by atoms with Crippen molar-refractivity contribution < 1.29 is 9.53 Å². The fourth-order valence-electron chi connectivity index (χ4n) is 4.03. The Hall–Kier alpha value is -1.93. The molecule has 0 radical (unpaired) electrons. The lowest BCUT2D eigenvalue weighted by molar-refractivity contribution is -0.121. The molecule has 3 saturated heterocycles. The third kappa shape index (κ3) is 4.32. The lowest BCUT2D eigenvalue weighted by Gasteiger charge is -2.35. The van der Waals surface area contributed by atoms with Gasteiger partial charge in [0.1, 0.15) is 5.82 Å². The lowest BCUT2D eigenvalue weighted by Crippen LogP contribution is -2.48. The molecule has 3 aliphatic heterocycles. The quantitative estimate of drug-likeness (QED) is 0.768. The fraction of sp³-hybridized carbons (Fsp3) is 0.737. The molecule has 4 heterocycles. The zero-order valence-corrected chi connectivity index (χ0v) is 16.1. The van der Waals surface area contributed by atoms with E-state index >= 15 is 0 Å². The van der Waals surface area contributed by atoms with Gasteiger partial charge in [0.15, 0.2) is 0 Å². The second kappa shape index (κ2) is 8.39. The molecule has 2 N–H and O–H groups in total. The van der Waals surface area contributed by atoms with Crippen LogP contribution in [0.3, 0.4) is 0 Å². The molecule has 4 rings (SSSR count). The Balaban J connectivity index is 1.40. The van der Waals surface area contributed by atoms with E-state index < -0.39 is 0 Å². The highest BCUT2D eigenvalue weighted by Crippen LogP contribution is 2.23. The Morgan fingerprint density at radius 2 is 1.93 bits per heavy atom. The minimum atomic E-state index is -0.0137. The molecule has 1 amide bonds. The number of carbonyl (C=O) groups is 1. The highest BCUT2D eigenvalue weighted by Gasteiger charge is 2.29. The van der Waals surface area contributed by atoms with Crippen molar-refractivity contribution in [1.29, 1.82) is 0 Å². The highest BCUT2D eigenvalue weighted by atomic mass is 16.5. The van der Waals surface area contributed by atoms with Gasteiger partial charge in [-0.2, -0.15) is 4.98 Å². The summed E-state index contributed by atoms with van der Waals surface area (Å²) in [5, 5.41) is 6.43. The SMILES string of the molecule is CCc1cc(N2CCC(N[C@H]3CCNC3=O)CC2)nc(N2CCOCC2)n1. The van der Waals surface area contributed by atoms with Crippen LogP contribution in [-0.4, -0.2) is 73.9 Å². The van der Waals surface area contributed by atoms with Gasteiger partial charge in [-0.15, -0.1) is 0 Å². The number of nitrogens with one attached hydrogen (secondary N) is 2. The van der Waals surface area contributed by atoms with Crippen LogP contribution in [0.2, 0.25) is 0 Å². The van der Waals surface area contributed by atoms with Crippen LogP contribution in [0.25, 0.3) is 0 Å². The molecule has 27 heavy (non-hydrogen) atoms. The van der Waals surface area contributed by atoms with Crippen LogP contribution in [-0.2, 0) is 16.0 Å². The molecular formula is C19H30N6O2. The van der Waals surface area contributed by atoms with Crippen molar-refractivity contribution in [2.24, 2.45) is 0 Å². The van der Waals surface area contributed by atoms with E-state index in [9.17, 15) is 4.79 Å². The first kappa shape index (κ1) is 18.4. The predicted molar refractivity (Wildman–Crippen MR) is 104 cm³/mol. The van der Waals surface area contributed by atoms with Crippen molar-refractivity contribution >= 4 is 17.7 Å². The molecule has 0 spiro atoms. The summed E-state index contributed by atoms with van der Waals surface area (Å²) in [4.78, 5) is 26.0. The maximum absolute atomic E-state index is 11.8. The van der Waals surface area contributed by atoms with Gasteiger partial charge in [0, 0.05) is 50.5 Å². The van der Waals surface area contributed by atoms with E-state index in [0.717, 1.165) is 89.1 Å². The molecule has 8 heteroatoms. The summed E-state index contributed by atoms with van der Waals surface area (Å²) in [7, 11) is 0. The highest BCUT2D eigenvalue weighted by molar-refractivity contribution is 5.83. The second-order valence-corrected chi connectivity index (χ2v) is 7.53. The van der Waals surface area contributed by atoms with Gasteiger partial charge < -0.3 is 25.2 Å². The number of hydrogen-bond donors (Lipinski definition) is 2. The van der Waals surface area contributed by atoms with E-state index in [1.54, 1.807) is 0 Å². The van der Waals surface area contributed by atoms with Crippen molar-refractivity contribution in [2.75, 3.05) is 55.7 Å². The second-order valence-electron chi connectivity index (χ2n) is 7.53. The number of ether oxygens (including phenoxy) is 1. The third-order valence-electron chi connectivity index (χ3n) is 5.71. The van der Waals surface area contributed by atoms with E-state index in [1.807, 2.05) is 0 Å². The Labute approximate surface area is 160 Å². The topological polar surface area (TPSA) is 82.6 Å². The summed E-state index contributed by atoms with van der Waals surface area (Å²) in [6.07, 6.45) is 3.86. The fourth-order valence-corrected chi connectivity index (χ4v) is 4.03. The largest absolute Gasteiger partial charge is 0.378 e. The number of hydrogen-bond acceptors (Lipinski definition) is 7. The van der Waals surface area contributed by atoms with Crippen molar-refractivity contribution in [3.63, 3.8) is 0 Å². The van der Waals surface area contributed by atoms with Gasteiger partial charge in [-0.25, -0.2) is 4.98 Å². The van der Waals surface area contributed by atoms with Crippen LogP contribution >= 0.6 is 0 Å². The Bertz CT molecular complexity index is 656. The number of anilines is 2. The van der Waals surface area contributed by atoms with Crippen LogP contribution in [0, 0.1) is 0 Å². The number of amides is 1. The summed E-state index contributed by atoms with van der Waals surface area (Å²) < 4.78 is 5.46. The standard InChI is InChI=1S/C19H30N6O2/c1-2-14-13-17(23-19(22-14)25-9-11-27-12-10-25)24-7-4-15(5-8-24)21-16-3-6-20-18(16)26/h13,15-16,21H,2-12H2,1H3,(H,20,26)/t16-/m0/s1. The minimum Gasteiger partial charge on any atom is -0.378 e. The molecule has 0 unspecified atom stereocenters. The Kier molecular flexibility index (Phi) is 5.73. The van der Waals surface area contributed by atoms with Gasteiger partial charge in [-0.3, -0.25) is 4.79 Å². The molecule has 1 aromatic rings. The van der Waals surface area contributed by atoms with E-state index in [4.69, 9.17) is 14.7 Å². The monoisotopic (exact) mass is 374 g/mol. The smallest absolute Gasteiger partial charge is 0.237 e. The minimum absolute atomic E-state index is 0.0137. The summed E-state index contributed by atoms with van der Waals surface area (Å²) in [6.45, 7) is 8.01. The number of morpholine rings is 1. The van der Waals surface area contributed by atoms with Gasteiger partial charge >= 0.3 is 0 Å². The first-order valence-corrected chi connectivity index (χ1v) is 10.2. The first-order valence-electron chi connectivity index (χ1n) is 10.2. The summed E-state index contributed by atoms with van der Waals surface area (Å²) in [5.41, 5.74) is 1.09. The number of aryl methyl sites for hydroxylation is 1. The van der Waals surface area contributed by atoms with Crippen LogP contribution in [0.4, 0.5) is 11.8 Å². The summed E-state index contributed by atoms with van der Waals surface area (Å²) >= 11 is 0. The molecule has 0 bridgehead atoms. The van der Waals surface area contributed by atoms with Gasteiger partial charge in [0.25, 0.3) is 0 Å². The Morgan fingerprint density at radius 1 is 1.15 bits per heavy atom. The normalized spacial score (nSPS) is 24.3. The van der Waals surface area contributed by atoms with Crippen molar-refractivity contribution in [1.82, 2.24) is 20.6 Å². The number of nitrogens with zero attached hydrogens (tertiary/aromatic N) is 4. The average molecular weight is 374 g/mol. The lowest BCUT2D eigenvalue weighted by atomic mass is 10.0. The maximum atomic E-state index is 11.8. The van der Waals surface area contributed by atoms with E-state index in [2.05, 4.69) is 33.4 Å². The molecule has 8 nitrogen and oxygen atoms in total. The van der Waals surface area contributed by atoms with Crippen molar-refractivity contribution in [3.8, 4) is 0 Å². The van der Waals surface area contributed by atoms with E-state index in [-0.39, 0.29) is 11.9 Å². The number of piperidine rings is 1. The van der Waals surface area contributed by atoms with Gasteiger partial charge in [-0.05, 0) is 25.7 Å². The molecule has 148 valence electrons. The zero-order valence-electron chi connectivity index (χ0n) is 16.1.